The van der Waals surface area contributed by atoms with Gasteiger partial charge in [0, 0.05) is 6.04 Å². The van der Waals surface area contributed by atoms with Crippen LogP contribution < -0.4 is 5.73 Å². The topological polar surface area (TPSA) is 26.0 Å². The van der Waals surface area contributed by atoms with Gasteiger partial charge in [-0.25, -0.2) is 0 Å². The third kappa shape index (κ3) is 3.81. The minimum Gasteiger partial charge on any atom is -0.324 e. The Hall–Kier alpha value is -0.370. The molecule has 0 radical (unpaired) electrons. The lowest BCUT2D eigenvalue weighted by Gasteiger charge is -2.00. The second kappa shape index (κ2) is 4.78. The Balaban J connectivity index is 2.98. The molecule has 0 spiro atoms. The summed E-state index contributed by atoms with van der Waals surface area (Å²) in [7, 11) is 0. The Labute approximate surface area is 49.4 Å². The Morgan fingerprint density at radius 2 is 2.38 bits per heavy atom. The van der Waals surface area contributed by atoms with E-state index in [1.807, 2.05) is 0 Å². The molecular formula is C6H12FN. The highest BCUT2D eigenvalue weighted by atomic mass is 19.1. The number of halogens is 1. The molecular weight excluding hydrogens is 105 g/mol. The number of hydrogen-bond donors (Lipinski definition) is 1. The van der Waals surface area contributed by atoms with Gasteiger partial charge in [0.05, 0.1) is 6.67 Å². The zero-order chi connectivity index (χ0) is 6.41. The number of hydrogen-bond acceptors (Lipinski definition) is 1. The van der Waals surface area contributed by atoms with Crippen LogP contribution in [0.3, 0.4) is 0 Å². The molecule has 0 amide bonds. The van der Waals surface area contributed by atoms with Gasteiger partial charge in [0.15, 0.2) is 0 Å². The third-order valence-corrected chi connectivity index (χ3v) is 0.974. The molecule has 1 atom stereocenters. The second-order valence-corrected chi connectivity index (χ2v) is 1.73. The maximum Gasteiger partial charge on any atom is 0.0895 e. The van der Waals surface area contributed by atoms with E-state index < -0.39 is 0 Å². The van der Waals surface area contributed by atoms with Crippen molar-refractivity contribution in [2.75, 3.05) is 6.67 Å². The van der Waals surface area contributed by atoms with Crippen LogP contribution >= 0.6 is 0 Å². The molecule has 0 aromatic rings. The average Bonchev–Trinajstić information content (AvgIpc) is 1.83. The summed E-state index contributed by atoms with van der Waals surface area (Å²) in [6.07, 6.45) is 2.89. The summed E-state index contributed by atoms with van der Waals surface area (Å²) in [5.41, 5.74) is 5.37. The fourth-order valence-electron chi connectivity index (χ4n) is 0.431. The lowest BCUT2D eigenvalue weighted by molar-refractivity contribution is 0.454. The normalized spacial score (nSPS) is 13.2. The molecule has 1 nitrogen and oxygen atoms in total. The van der Waals surface area contributed by atoms with Crippen LogP contribution in [0.4, 0.5) is 4.39 Å². The Morgan fingerprint density at radius 1 is 1.75 bits per heavy atom. The van der Waals surface area contributed by atoms with Crippen molar-refractivity contribution in [3.63, 3.8) is 0 Å². The summed E-state index contributed by atoms with van der Waals surface area (Å²) in [4.78, 5) is 0. The van der Waals surface area contributed by atoms with Gasteiger partial charge < -0.3 is 5.73 Å². The van der Waals surface area contributed by atoms with Crippen molar-refractivity contribution in [1.82, 2.24) is 0 Å². The van der Waals surface area contributed by atoms with Crippen molar-refractivity contribution in [1.29, 1.82) is 0 Å². The lowest BCUT2D eigenvalue weighted by atomic mass is 10.2. The SMILES string of the molecule is C=CC(N)CCCF. The van der Waals surface area contributed by atoms with Crippen molar-refractivity contribution in [3.8, 4) is 0 Å². The van der Waals surface area contributed by atoms with E-state index in [1.54, 1.807) is 6.08 Å². The predicted octanol–water partition coefficient (Wildman–Crippen LogP) is 1.25. The zero-order valence-electron chi connectivity index (χ0n) is 4.94. The Bertz CT molecular complexity index is 63.5. The monoisotopic (exact) mass is 117 g/mol. The minimum atomic E-state index is -0.276. The van der Waals surface area contributed by atoms with Gasteiger partial charge in [-0.2, -0.15) is 0 Å². The van der Waals surface area contributed by atoms with Crippen molar-refractivity contribution in [2.24, 2.45) is 5.73 Å². The molecule has 0 saturated heterocycles. The number of nitrogens with two attached hydrogens (primary N) is 1. The van der Waals surface area contributed by atoms with Gasteiger partial charge in [-0.05, 0) is 12.8 Å². The molecule has 0 aliphatic rings. The quantitative estimate of drug-likeness (QED) is 0.551. The molecule has 0 fully saturated rings. The first-order chi connectivity index (χ1) is 3.81. The first-order valence-corrected chi connectivity index (χ1v) is 2.75. The van der Waals surface area contributed by atoms with Crippen molar-refractivity contribution >= 4 is 0 Å². The zero-order valence-corrected chi connectivity index (χ0v) is 4.94. The second-order valence-electron chi connectivity index (χ2n) is 1.73. The van der Waals surface area contributed by atoms with Gasteiger partial charge in [-0.3, -0.25) is 4.39 Å². The van der Waals surface area contributed by atoms with E-state index in [4.69, 9.17) is 5.73 Å². The highest BCUT2D eigenvalue weighted by Crippen LogP contribution is 1.94. The Morgan fingerprint density at radius 3 is 2.75 bits per heavy atom. The van der Waals surface area contributed by atoms with E-state index in [9.17, 15) is 4.39 Å². The predicted molar refractivity (Wildman–Crippen MR) is 33.4 cm³/mol. The average molecular weight is 117 g/mol. The fourth-order valence-corrected chi connectivity index (χ4v) is 0.431. The minimum absolute atomic E-state index is 0.0225. The highest BCUT2D eigenvalue weighted by molar-refractivity contribution is 4.81. The molecule has 48 valence electrons. The van der Waals surface area contributed by atoms with Crippen LogP contribution in [0.2, 0.25) is 0 Å². The molecule has 0 saturated carbocycles. The van der Waals surface area contributed by atoms with Gasteiger partial charge in [0.1, 0.15) is 0 Å². The van der Waals surface area contributed by atoms with E-state index in [0.717, 1.165) is 0 Å². The molecule has 0 heterocycles. The molecule has 2 N–H and O–H groups in total. The number of rotatable bonds is 4. The van der Waals surface area contributed by atoms with Crippen LogP contribution in [0.15, 0.2) is 12.7 Å². The van der Waals surface area contributed by atoms with E-state index in [2.05, 4.69) is 6.58 Å². The number of alkyl halides is 1. The maximum atomic E-state index is 11.4. The van der Waals surface area contributed by atoms with Gasteiger partial charge >= 0.3 is 0 Å². The maximum absolute atomic E-state index is 11.4. The largest absolute Gasteiger partial charge is 0.324 e. The van der Waals surface area contributed by atoms with Crippen molar-refractivity contribution in [3.05, 3.63) is 12.7 Å². The lowest BCUT2D eigenvalue weighted by Crippen LogP contribution is -2.15. The molecule has 0 aromatic carbocycles. The van der Waals surface area contributed by atoms with Crippen LogP contribution in [-0.4, -0.2) is 12.7 Å². The smallest absolute Gasteiger partial charge is 0.0895 e. The summed E-state index contributed by atoms with van der Waals surface area (Å²) < 4.78 is 11.4. The summed E-state index contributed by atoms with van der Waals surface area (Å²) >= 11 is 0. The molecule has 0 aromatic heterocycles. The van der Waals surface area contributed by atoms with E-state index in [0.29, 0.717) is 12.8 Å². The van der Waals surface area contributed by atoms with Crippen molar-refractivity contribution < 1.29 is 4.39 Å². The summed E-state index contributed by atoms with van der Waals surface area (Å²) in [5, 5.41) is 0. The van der Waals surface area contributed by atoms with Crippen LogP contribution in [-0.2, 0) is 0 Å². The molecule has 0 aliphatic heterocycles. The fraction of sp³-hybridized carbons (Fsp3) is 0.667. The van der Waals surface area contributed by atoms with Gasteiger partial charge in [0.2, 0.25) is 0 Å². The summed E-state index contributed by atoms with van der Waals surface area (Å²) in [6, 6.07) is -0.0225. The third-order valence-electron chi connectivity index (χ3n) is 0.974. The van der Waals surface area contributed by atoms with Gasteiger partial charge in [0.25, 0.3) is 0 Å². The Kier molecular flexibility index (Phi) is 4.56. The molecule has 0 bridgehead atoms. The van der Waals surface area contributed by atoms with E-state index >= 15 is 0 Å². The summed E-state index contributed by atoms with van der Waals surface area (Å²) in [6.45, 7) is 3.19. The standard InChI is InChI=1S/C6H12FN/c1-2-6(8)4-3-5-7/h2,6H,1,3-5,8H2. The summed E-state index contributed by atoms with van der Waals surface area (Å²) in [5.74, 6) is 0. The molecule has 8 heavy (non-hydrogen) atoms. The molecule has 2 heteroatoms. The molecule has 0 rings (SSSR count). The molecule has 0 aliphatic carbocycles. The van der Waals surface area contributed by atoms with Crippen LogP contribution in [0, 0.1) is 0 Å². The van der Waals surface area contributed by atoms with Crippen molar-refractivity contribution in [2.45, 2.75) is 18.9 Å². The first kappa shape index (κ1) is 7.63. The van der Waals surface area contributed by atoms with Gasteiger partial charge in [-0.1, -0.05) is 6.08 Å². The van der Waals surface area contributed by atoms with Gasteiger partial charge in [-0.15, -0.1) is 6.58 Å². The van der Waals surface area contributed by atoms with Crippen LogP contribution in [0.5, 0.6) is 0 Å². The van der Waals surface area contributed by atoms with E-state index in [-0.39, 0.29) is 12.7 Å². The first-order valence-electron chi connectivity index (χ1n) is 2.75. The molecule has 1 unspecified atom stereocenters. The highest BCUT2D eigenvalue weighted by Gasteiger charge is 1.93. The van der Waals surface area contributed by atoms with Crippen LogP contribution in [0.1, 0.15) is 12.8 Å². The van der Waals surface area contributed by atoms with E-state index in [1.165, 1.54) is 0 Å². The van der Waals surface area contributed by atoms with Crippen LogP contribution in [0.25, 0.3) is 0 Å².